The fraction of sp³-hybridized carbons (Fsp3) is 0.880. The SMILES string of the molecule is C=C=CCC[C@H](CC[C@H](O[Si](C)(C)C(C)(C)C)C(C)(C)C)O[Si](C)(C)C(C)(C)C. The third-order valence-corrected chi connectivity index (χ3v) is 16.0. The Morgan fingerprint density at radius 2 is 1.21 bits per heavy atom. The molecule has 0 aromatic rings. The van der Waals surface area contributed by atoms with Gasteiger partial charge in [0.05, 0.1) is 0 Å². The van der Waals surface area contributed by atoms with Crippen LogP contribution in [0.25, 0.3) is 0 Å². The van der Waals surface area contributed by atoms with Gasteiger partial charge in [0.25, 0.3) is 0 Å². The van der Waals surface area contributed by atoms with E-state index in [-0.39, 0.29) is 27.7 Å². The van der Waals surface area contributed by atoms with Crippen LogP contribution in [0.1, 0.15) is 88.0 Å². The molecule has 172 valence electrons. The molecule has 0 saturated heterocycles. The van der Waals surface area contributed by atoms with E-state index in [0.29, 0.717) is 0 Å². The summed E-state index contributed by atoms with van der Waals surface area (Å²) in [5.41, 5.74) is 3.04. The van der Waals surface area contributed by atoms with Gasteiger partial charge in [0, 0.05) is 12.2 Å². The number of rotatable bonds is 10. The van der Waals surface area contributed by atoms with E-state index in [9.17, 15) is 0 Å². The molecule has 0 fully saturated rings. The van der Waals surface area contributed by atoms with Crippen LogP contribution in [-0.2, 0) is 8.85 Å². The number of allylic oxidation sites excluding steroid dienone is 1. The molecule has 0 rings (SSSR count). The van der Waals surface area contributed by atoms with Crippen LogP contribution < -0.4 is 0 Å². The van der Waals surface area contributed by atoms with Crippen molar-refractivity contribution in [3.8, 4) is 0 Å². The summed E-state index contributed by atoms with van der Waals surface area (Å²) in [6.07, 6.45) is 6.67. The third kappa shape index (κ3) is 9.69. The van der Waals surface area contributed by atoms with Crippen molar-refractivity contribution in [3.05, 3.63) is 18.4 Å². The molecule has 0 aromatic carbocycles. The normalized spacial score (nSPS) is 16.3. The predicted molar refractivity (Wildman–Crippen MR) is 136 cm³/mol. The van der Waals surface area contributed by atoms with Crippen LogP contribution >= 0.6 is 0 Å². The van der Waals surface area contributed by atoms with Crippen LogP contribution in [0.2, 0.25) is 36.3 Å². The van der Waals surface area contributed by atoms with Gasteiger partial charge in [-0.25, -0.2) is 0 Å². The van der Waals surface area contributed by atoms with Crippen LogP contribution in [-0.4, -0.2) is 28.8 Å². The molecule has 0 unspecified atom stereocenters. The first-order valence-electron chi connectivity index (χ1n) is 11.4. The van der Waals surface area contributed by atoms with E-state index in [0.717, 1.165) is 25.7 Å². The molecule has 0 bridgehead atoms. The highest BCUT2D eigenvalue weighted by molar-refractivity contribution is 6.74. The Hall–Kier alpha value is -0.126. The summed E-state index contributed by atoms with van der Waals surface area (Å²) in [7, 11) is -3.62. The zero-order chi connectivity index (χ0) is 23.3. The lowest BCUT2D eigenvalue weighted by Gasteiger charge is -2.44. The average Bonchev–Trinajstić information content (AvgIpc) is 2.47. The van der Waals surface area contributed by atoms with Gasteiger partial charge in [-0.05, 0) is 73.4 Å². The van der Waals surface area contributed by atoms with Gasteiger partial charge >= 0.3 is 0 Å². The van der Waals surface area contributed by atoms with Crippen molar-refractivity contribution < 1.29 is 8.85 Å². The van der Waals surface area contributed by atoms with Gasteiger partial charge in [0.1, 0.15) is 0 Å². The molecule has 2 atom stereocenters. The molecule has 0 saturated carbocycles. The average molecular weight is 441 g/mol. The zero-order valence-corrected chi connectivity index (χ0v) is 24.1. The summed E-state index contributed by atoms with van der Waals surface area (Å²) in [5, 5.41) is 0.447. The van der Waals surface area contributed by atoms with E-state index in [4.69, 9.17) is 8.85 Å². The van der Waals surface area contributed by atoms with E-state index in [1.54, 1.807) is 0 Å². The minimum absolute atomic E-state index is 0.123. The monoisotopic (exact) mass is 440 g/mol. The lowest BCUT2D eigenvalue weighted by Crippen LogP contribution is -2.48. The number of hydrogen-bond donors (Lipinski definition) is 0. The smallest absolute Gasteiger partial charge is 0.192 e. The summed E-state index contributed by atoms with van der Waals surface area (Å²) in [6.45, 7) is 34.0. The van der Waals surface area contributed by atoms with Gasteiger partial charge in [-0.1, -0.05) is 68.9 Å². The second kappa shape index (κ2) is 10.5. The Balaban J connectivity index is 5.43. The first-order chi connectivity index (χ1) is 12.7. The van der Waals surface area contributed by atoms with Gasteiger partial charge in [-0.15, -0.1) is 5.73 Å². The van der Waals surface area contributed by atoms with Crippen molar-refractivity contribution >= 4 is 16.6 Å². The van der Waals surface area contributed by atoms with Crippen LogP contribution in [0.4, 0.5) is 0 Å². The summed E-state index contributed by atoms with van der Waals surface area (Å²) in [5.74, 6) is 0. The first kappa shape index (κ1) is 28.9. The lowest BCUT2D eigenvalue weighted by atomic mass is 9.85. The van der Waals surface area contributed by atoms with Crippen molar-refractivity contribution in [1.29, 1.82) is 0 Å². The fourth-order valence-electron chi connectivity index (χ4n) is 2.77. The second-order valence-corrected chi connectivity index (χ2v) is 22.3. The predicted octanol–water partition coefficient (Wildman–Crippen LogP) is 8.71. The number of hydrogen-bond acceptors (Lipinski definition) is 2. The van der Waals surface area contributed by atoms with Crippen LogP contribution in [0.15, 0.2) is 18.4 Å². The molecule has 0 aliphatic heterocycles. The molecule has 0 aliphatic carbocycles. The van der Waals surface area contributed by atoms with Crippen LogP contribution in [0, 0.1) is 5.41 Å². The Bertz CT molecular complexity index is 539. The van der Waals surface area contributed by atoms with Crippen LogP contribution in [0.5, 0.6) is 0 Å². The molecule has 2 nitrogen and oxygen atoms in total. The first-order valence-corrected chi connectivity index (χ1v) is 17.3. The van der Waals surface area contributed by atoms with Crippen molar-refractivity contribution in [3.63, 3.8) is 0 Å². The molecule has 0 aliphatic rings. The largest absolute Gasteiger partial charge is 0.414 e. The fourth-order valence-corrected chi connectivity index (χ4v) is 5.72. The van der Waals surface area contributed by atoms with E-state index in [2.05, 4.69) is 101 Å². The quantitative estimate of drug-likeness (QED) is 0.250. The highest BCUT2D eigenvalue weighted by Gasteiger charge is 2.42. The Kier molecular flexibility index (Phi) is 10.4. The maximum absolute atomic E-state index is 6.90. The maximum atomic E-state index is 6.90. The molecule has 0 spiro atoms. The molecule has 0 amide bonds. The van der Waals surface area contributed by atoms with Crippen molar-refractivity contribution in [1.82, 2.24) is 0 Å². The molecule has 0 aromatic heterocycles. The summed E-state index contributed by atoms with van der Waals surface area (Å²) < 4.78 is 13.7. The van der Waals surface area contributed by atoms with Gasteiger partial charge < -0.3 is 8.85 Å². The Morgan fingerprint density at radius 1 is 0.759 bits per heavy atom. The summed E-state index contributed by atoms with van der Waals surface area (Å²) in [6, 6.07) is 0. The van der Waals surface area contributed by atoms with E-state index in [1.165, 1.54) is 0 Å². The van der Waals surface area contributed by atoms with Gasteiger partial charge in [0.2, 0.25) is 0 Å². The lowest BCUT2D eigenvalue weighted by molar-refractivity contribution is 0.0487. The minimum Gasteiger partial charge on any atom is -0.414 e. The van der Waals surface area contributed by atoms with Crippen LogP contribution in [0.3, 0.4) is 0 Å². The highest BCUT2D eigenvalue weighted by atomic mass is 28.4. The second-order valence-electron chi connectivity index (χ2n) is 12.8. The van der Waals surface area contributed by atoms with Gasteiger partial charge in [0.15, 0.2) is 16.6 Å². The molecule has 0 N–H and O–H groups in total. The third-order valence-electron chi connectivity index (χ3n) is 7.00. The Labute approximate surface area is 185 Å². The standard InChI is InChI=1S/C25H52O2Si2/c1-15-16-17-18-21(26-28(11,12)24(5,6)7)19-20-22(23(2,3)4)27-29(13,14)25(8,9)10/h16,21-22H,1,17-20H2,2-14H3/t21-,22+/m1/s1. The highest BCUT2D eigenvalue weighted by Crippen LogP contribution is 2.42. The molecule has 0 radical (unpaired) electrons. The van der Waals surface area contributed by atoms with E-state index < -0.39 is 16.6 Å². The van der Waals surface area contributed by atoms with Crippen molar-refractivity contribution in [2.75, 3.05) is 0 Å². The molecule has 4 heteroatoms. The molecule has 0 heterocycles. The molecular formula is C25H52O2Si2. The molecular weight excluding hydrogens is 388 g/mol. The molecule has 29 heavy (non-hydrogen) atoms. The Morgan fingerprint density at radius 3 is 1.59 bits per heavy atom. The topological polar surface area (TPSA) is 18.5 Å². The van der Waals surface area contributed by atoms with Gasteiger partial charge in [-0.2, -0.15) is 0 Å². The van der Waals surface area contributed by atoms with Crippen molar-refractivity contribution in [2.24, 2.45) is 5.41 Å². The summed E-state index contributed by atoms with van der Waals surface area (Å²) in [4.78, 5) is 0. The zero-order valence-electron chi connectivity index (χ0n) is 22.1. The van der Waals surface area contributed by atoms with E-state index in [1.807, 2.05) is 6.08 Å². The van der Waals surface area contributed by atoms with E-state index >= 15 is 0 Å². The summed E-state index contributed by atoms with van der Waals surface area (Å²) >= 11 is 0. The van der Waals surface area contributed by atoms with Crippen molar-refractivity contribution in [2.45, 2.75) is 136 Å². The maximum Gasteiger partial charge on any atom is 0.192 e. The minimum atomic E-state index is -1.81. The van der Waals surface area contributed by atoms with Gasteiger partial charge in [-0.3, -0.25) is 0 Å².